The van der Waals surface area contributed by atoms with Gasteiger partial charge in [-0.15, -0.1) is 0 Å². The molecule has 51 heavy (non-hydrogen) atoms. The Morgan fingerprint density at radius 2 is 1.73 bits per heavy atom. The van der Waals surface area contributed by atoms with Gasteiger partial charge in [-0.3, -0.25) is 9.59 Å². The average molecular weight is 693 g/mol. The summed E-state index contributed by atoms with van der Waals surface area (Å²) in [6.07, 6.45) is 14.3. The number of imidazole rings is 1. The number of carbonyl (C=O) groups excluding carboxylic acids is 2. The number of carbonyl (C=O) groups is 2. The third-order valence-electron chi connectivity index (χ3n) is 13.4. The van der Waals surface area contributed by atoms with E-state index in [9.17, 15) is 9.59 Å². The van der Waals surface area contributed by atoms with E-state index < -0.39 is 5.41 Å². The molecule has 10 nitrogen and oxygen atoms in total. The Morgan fingerprint density at radius 1 is 0.980 bits per heavy atom. The van der Waals surface area contributed by atoms with Crippen molar-refractivity contribution in [3.8, 4) is 11.3 Å². The molecule has 3 aromatic rings. The quantitative estimate of drug-likeness (QED) is 0.288. The van der Waals surface area contributed by atoms with Gasteiger partial charge in [0.1, 0.15) is 5.52 Å². The lowest BCUT2D eigenvalue weighted by atomic mass is 9.72. The molecule has 272 valence electrons. The van der Waals surface area contributed by atoms with Crippen molar-refractivity contribution >= 4 is 34.4 Å². The normalized spacial score (nSPS) is 26.2. The minimum absolute atomic E-state index is 0.0631. The minimum Gasteiger partial charge on any atom is -0.366 e. The molecule has 3 saturated heterocycles. The van der Waals surface area contributed by atoms with E-state index in [0.29, 0.717) is 44.4 Å². The second kappa shape index (κ2) is 12.9. The Morgan fingerprint density at radius 3 is 2.43 bits per heavy atom. The van der Waals surface area contributed by atoms with Crippen LogP contribution in [0.3, 0.4) is 0 Å². The molecule has 2 N–H and O–H groups in total. The maximum absolute atomic E-state index is 14.9. The van der Waals surface area contributed by atoms with Gasteiger partial charge in [-0.05, 0) is 127 Å². The smallest absolute Gasteiger partial charge is 0.238 e. The number of piperidine rings is 3. The second-order valence-electron chi connectivity index (χ2n) is 17.4. The monoisotopic (exact) mass is 692 g/mol. The molecular formula is C41H56N8O2. The fraction of sp³-hybridized carbons (Fsp3) is 0.659. The number of hydrogen-bond acceptors (Lipinski definition) is 7. The molecule has 2 saturated carbocycles. The van der Waals surface area contributed by atoms with E-state index in [1.807, 2.05) is 6.33 Å². The van der Waals surface area contributed by atoms with Crippen molar-refractivity contribution < 1.29 is 9.59 Å². The van der Waals surface area contributed by atoms with Gasteiger partial charge in [-0.25, -0.2) is 9.97 Å². The zero-order valence-corrected chi connectivity index (χ0v) is 30.9. The summed E-state index contributed by atoms with van der Waals surface area (Å²) in [6.45, 7) is 12.3. The van der Waals surface area contributed by atoms with Crippen molar-refractivity contribution in [2.75, 3.05) is 49.5 Å². The minimum atomic E-state index is -0.578. The Balaban J connectivity index is 1.03. The molecule has 0 unspecified atom stereocenters. The van der Waals surface area contributed by atoms with E-state index in [-0.39, 0.29) is 29.3 Å². The van der Waals surface area contributed by atoms with Crippen molar-refractivity contribution in [3.05, 3.63) is 36.2 Å². The van der Waals surface area contributed by atoms with Crippen LogP contribution in [0.25, 0.3) is 22.3 Å². The van der Waals surface area contributed by atoms with E-state index in [0.717, 1.165) is 78.1 Å². The number of nitrogens with zero attached hydrogens (tertiary/aromatic N) is 6. The van der Waals surface area contributed by atoms with Crippen LogP contribution in [0.1, 0.15) is 109 Å². The molecule has 6 aliphatic rings. The van der Waals surface area contributed by atoms with Crippen LogP contribution in [0.15, 0.2) is 30.6 Å². The highest BCUT2D eigenvalue weighted by Gasteiger charge is 2.56. The number of aromatic nitrogens is 3. The van der Waals surface area contributed by atoms with Crippen molar-refractivity contribution in [3.63, 3.8) is 0 Å². The lowest BCUT2D eigenvalue weighted by Crippen LogP contribution is -2.58. The fourth-order valence-electron chi connectivity index (χ4n) is 9.89. The lowest BCUT2D eigenvalue weighted by Gasteiger charge is -2.48. The summed E-state index contributed by atoms with van der Waals surface area (Å²) in [6, 6.07) is 10.3. The number of anilines is 2. The van der Waals surface area contributed by atoms with Gasteiger partial charge in [-0.1, -0.05) is 25.5 Å². The first kappa shape index (κ1) is 33.3. The van der Waals surface area contributed by atoms with Crippen LogP contribution in [0.4, 0.5) is 11.5 Å². The molecule has 2 amide bonds. The molecule has 2 aliphatic carbocycles. The summed E-state index contributed by atoms with van der Waals surface area (Å²) in [7, 11) is 0. The van der Waals surface area contributed by atoms with Crippen molar-refractivity contribution in [1.82, 2.24) is 29.7 Å². The number of benzene rings is 1. The van der Waals surface area contributed by atoms with Crippen LogP contribution in [0.5, 0.6) is 0 Å². The summed E-state index contributed by atoms with van der Waals surface area (Å²) in [4.78, 5) is 45.6. The Hall–Kier alpha value is -3.50. The fourth-order valence-corrected chi connectivity index (χ4v) is 9.89. The van der Waals surface area contributed by atoms with Crippen LogP contribution < -0.4 is 15.5 Å². The third kappa shape index (κ3) is 5.94. The Bertz CT molecular complexity index is 1800. The first-order valence-electron chi connectivity index (χ1n) is 20.1. The molecule has 5 fully saturated rings. The first-order chi connectivity index (χ1) is 24.7. The van der Waals surface area contributed by atoms with Crippen LogP contribution in [-0.4, -0.2) is 93.5 Å². The zero-order chi connectivity index (χ0) is 34.9. The highest BCUT2D eigenvalue weighted by Crippen LogP contribution is 2.52. The van der Waals surface area contributed by atoms with Crippen LogP contribution in [0, 0.1) is 5.41 Å². The van der Waals surface area contributed by atoms with Gasteiger partial charge in [0.05, 0.1) is 23.0 Å². The zero-order valence-electron chi connectivity index (χ0n) is 30.9. The summed E-state index contributed by atoms with van der Waals surface area (Å²) in [5.41, 5.74) is 5.62. The van der Waals surface area contributed by atoms with Gasteiger partial charge in [0, 0.05) is 54.9 Å². The highest BCUT2D eigenvalue weighted by atomic mass is 16.2. The summed E-state index contributed by atoms with van der Waals surface area (Å²) >= 11 is 0. The number of hydrogen-bond donors (Lipinski definition) is 2. The van der Waals surface area contributed by atoms with Crippen LogP contribution in [0.2, 0.25) is 0 Å². The maximum atomic E-state index is 14.9. The van der Waals surface area contributed by atoms with Gasteiger partial charge in [0.2, 0.25) is 11.8 Å². The summed E-state index contributed by atoms with van der Waals surface area (Å²) in [5.74, 6) is 1.41. The number of pyridine rings is 1. The number of amides is 2. The molecule has 9 rings (SSSR count). The van der Waals surface area contributed by atoms with Crippen molar-refractivity contribution in [2.45, 2.75) is 127 Å². The van der Waals surface area contributed by atoms with Crippen molar-refractivity contribution in [2.24, 2.45) is 5.41 Å². The molecular weight excluding hydrogens is 637 g/mol. The topological polar surface area (TPSA) is 98.6 Å². The lowest BCUT2D eigenvalue weighted by molar-refractivity contribution is -0.138. The predicted octanol–water partition coefficient (Wildman–Crippen LogP) is 6.26. The number of rotatable bonds is 8. The van der Waals surface area contributed by atoms with Gasteiger partial charge in [-0.2, -0.15) is 0 Å². The van der Waals surface area contributed by atoms with Gasteiger partial charge >= 0.3 is 0 Å². The first-order valence-corrected chi connectivity index (χ1v) is 20.1. The van der Waals surface area contributed by atoms with Gasteiger partial charge < -0.3 is 29.9 Å². The number of fused-ring (bicyclic) bond motifs is 3. The van der Waals surface area contributed by atoms with E-state index >= 15 is 0 Å². The van der Waals surface area contributed by atoms with Crippen LogP contribution in [-0.2, 0) is 15.0 Å². The molecule has 2 aromatic heterocycles. The Labute approximate surface area is 302 Å². The summed E-state index contributed by atoms with van der Waals surface area (Å²) in [5, 5.41) is 7.14. The van der Waals surface area contributed by atoms with E-state index in [2.05, 4.69) is 74.9 Å². The number of nitrogens with one attached hydrogen (secondary N) is 2. The largest absolute Gasteiger partial charge is 0.366 e. The number of likely N-dealkylation sites (tertiary alicyclic amines) is 2. The van der Waals surface area contributed by atoms with E-state index in [4.69, 9.17) is 9.97 Å². The molecule has 10 heteroatoms. The van der Waals surface area contributed by atoms with Crippen molar-refractivity contribution in [1.29, 1.82) is 0 Å². The molecule has 1 aromatic carbocycles. The van der Waals surface area contributed by atoms with Crippen LogP contribution >= 0.6 is 0 Å². The SMILES string of the molecule is CC(C)n1cnc2cc(-c3ccc4c(c3)N(C3CC(N5CCCCC5)C3)C(=O)C43CCN(C(=O)CC4(C)CCNCC4)CC3)nc(NC3CC3)c21. The molecule has 0 bridgehead atoms. The van der Waals surface area contributed by atoms with E-state index in [1.165, 1.54) is 45.2 Å². The van der Waals surface area contributed by atoms with Gasteiger partial charge in [0.25, 0.3) is 0 Å². The Kier molecular flexibility index (Phi) is 8.41. The molecule has 0 atom stereocenters. The molecule has 0 radical (unpaired) electrons. The third-order valence-corrected chi connectivity index (χ3v) is 13.4. The average Bonchev–Trinajstić information content (AvgIpc) is 3.78. The second-order valence-corrected chi connectivity index (χ2v) is 17.4. The van der Waals surface area contributed by atoms with E-state index in [1.54, 1.807) is 0 Å². The molecule has 1 spiro atoms. The highest BCUT2D eigenvalue weighted by molar-refractivity contribution is 6.09. The standard InChI is InChI=1S/C41H56N8O2/c1-27(2)48-26-43-34-24-33(45-38(37(34)48)44-29-8-9-29)28-7-10-32-35(21-28)49(31-22-30(23-31)46-17-5-4-6-18-46)39(51)41(32)13-19-47(20-14-41)36(50)25-40(3)11-15-42-16-12-40/h7,10,21,24,26-27,29-31,42H,4-6,8-9,11-20,22-23,25H2,1-3H3,(H,44,45). The molecule has 6 heterocycles. The molecule has 4 aliphatic heterocycles. The van der Waals surface area contributed by atoms with Gasteiger partial charge in [0.15, 0.2) is 5.82 Å². The maximum Gasteiger partial charge on any atom is 0.238 e. The predicted molar refractivity (Wildman–Crippen MR) is 202 cm³/mol. The summed E-state index contributed by atoms with van der Waals surface area (Å²) < 4.78 is 2.21.